The molecule has 2 heterocycles. The van der Waals surface area contributed by atoms with Crippen LogP contribution in [0.2, 0.25) is 0 Å². The molecule has 0 bridgehead atoms. The number of halogens is 1. The van der Waals surface area contributed by atoms with Crippen LogP contribution in [0.5, 0.6) is 0 Å². The van der Waals surface area contributed by atoms with E-state index in [4.69, 9.17) is 4.74 Å². The predicted octanol–water partition coefficient (Wildman–Crippen LogP) is 2.81. The Morgan fingerprint density at radius 2 is 2.26 bits per heavy atom. The minimum Gasteiger partial charge on any atom is -0.371 e. The maximum absolute atomic E-state index is 13.0. The standard InChI is InChI=1S/C16H18FN3O2S/c1-11(21)18-16-19-14(10-23-16)8-20-6-7-22-15(9-20)12-2-4-13(17)5-3-12/h2-5,10,15H,6-9H2,1H3,(H,18,19,21)/t15-/m1/s1. The minimum atomic E-state index is -0.241. The molecule has 0 spiro atoms. The first-order valence-corrected chi connectivity index (χ1v) is 8.29. The summed E-state index contributed by atoms with van der Waals surface area (Å²) in [5.74, 6) is -0.358. The first-order valence-electron chi connectivity index (χ1n) is 7.41. The number of rotatable bonds is 4. The van der Waals surface area contributed by atoms with Crippen molar-refractivity contribution >= 4 is 22.4 Å². The summed E-state index contributed by atoms with van der Waals surface area (Å²) < 4.78 is 18.8. The molecule has 0 radical (unpaired) electrons. The first-order chi connectivity index (χ1) is 11.1. The molecule has 0 saturated carbocycles. The lowest BCUT2D eigenvalue weighted by Crippen LogP contribution is -2.37. The second-order valence-electron chi connectivity index (χ2n) is 5.47. The van der Waals surface area contributed by atoms with Crippen LogP contribution in [0.3, 0.4) is 0 Å². The highest BCUT2D eigenvalue weighted by atomic mass is 32.1. The largest absolute Gasteiger partial charge is 0.371 e. The quantitative estimate of drug-likeness (QED) is 0.933. The lowest BCUT2D eigenvalue weighted by atomic mass is 10.1. The van der Waals surface area contributed by atoms with E-state index >= 15 is 0 Å². The molecule has 1 amide bonds. The molecule has 1 fully saturated rings. The molecule has 122 valence electrons. The molecule has 1 aliphatic heterocycles. The van der Waals surface area contributed by atoms with E-state index in [-0.39, 0.29) is 17.8 Å². The molecule has 1 aliphatic rings. The fraction of sp³-hybridized carbons (Fsp3) is 0.375. The Kier molecular flexibility index (Phi) is 5.00. The molecule has 3 rings (SSSR count). The monoisotopic (exact) mass is 335 g/mol. The number of anilines is 1. The molecule has 0 aliphatic carbocycles. The van der Waals surface area contributed by atoms with Crippen LogP contribution >= 0.6 is 11.3 Å². The fourth-order valence-electron chi connectivity index (χ4n) is 2.54. The summed E-state index contributed by atoms with van der Waals surface area (Å²) in [6.07, 6.45) is -0.0576. The number of thiazole rings is 1. The molecule has 0 unspecified atom stereocenters. The van der Waals surface area contributed by atoms with Crippen LogP contribution in [0.25, 0.3) is 0 Å². The minimum absolute atomic E-state index is 0.0576. The molecule has 7 heteroatoms. The highest BCUT2D eigenvalue weighted by Gasteiger charge is 2.22. The second-order valence-corrected chi connectivity index (χ2v) is 6.33. The van der Waals surface area contributed by atoms with Crippen molar-refractivity contribution in [3.8, 4) is 0 Å². The van der Waals surface area contributed by atoms with Crippen LogP contribution < -0.4 is 5.32 Å². The van der Waals surface area contributed by atoms with Crippen LogP contribution in [-0.2, 0) is 16.1 Å². The van der Waals surface area contributed by atoms with Crippen molar-refractivity contribution in [2.24, 2.45) is 0 Å². The van der Waals surface area contributed by atoms with E-state index in [1.807, 2.05) is 5.38 Å². The number of morpholine rings is 1. The van der Waals surface area contributed by atoms with Crippen LogP contribution in [0, 0.1) is 5.82 Å². The van der Waals surface area contributed by atoms with Crippen molar-refractivity contribution in [1.82, 2.24) is 9.88 Å². The summed E-state index contributed by atoms with van der Waals surface area (Å²) in [7, 11) is 0. The summed E-state index contributed by atoms with van der Waals surface area (Å²) in [5.41, 5.74) is 1.91. The highest BCUT2D eigenvalue weighted by Crippen LogP contribution is 2.24. The molecule has 1 aromatic heterocycles. The van der Waals surface area contributed by atoms with Gasteiger partial charge in [-0.1, -0.05) is 12.1 Å². The molecular formula is C16H18FN3O2S. The number of nitrogens with zero attached hydrogens (tertiary/aromatic N) is 2. The Morgan fingerprint density at radius 1 is 1.48 bits per heavy atom. The van der Waals surface area contributed by atoms with Gasteiger partial charge in [0, 0.05) is 31.9 Å². The van der Waals surface area contributed by atoms with Crippen molar-refractivity contribution in [2.75, 3.05) is 25.0 Å². The van der Waals surface area contributed by atoms with Crippen LogP contribution in [0.15, 0.2) is 29.6 Å². The highest BCUT2D eigenvalue weighted by molar-refractivity contribution is 7.13. The topological polar surface area (TPSA) is 54.5 Å². The van der Waals surface area contributed by atoms with E-state index < -0.39 is 0 Å². The third-order valence-electron chi connectivity index (χ3n) is 3.61. The van der Waals surface area contributed by atoms with Gasteiger partial charge in [-0.05, 0) is 17.7 Å². The number of hydrogen-bond donors (Lipinski definition) is 1. The van der Waals surface area contributed by atoms with E-state index in [9.17, 15) is 9.18 Å². The molecule has 2 aromatic rings. The normalized spacial score (nSPS) is 18.8. The summed E-state index contributed by atoms with van der Waals surface area (Å²) in [4.78, 5) is 17.7. The molecule has 5 nitrogen and oxygen atoms in total. The molecule has 23 heavy (non-hydrogen) atoms. The van der Waals surface area contributed by atoms with Gasteiger partial charge >= 0.3 is 0 Å². The van der Waals surface area contributed by atoms with Gasteiger partial charge in [-0.3, -0.25) is 9.69 Å². The molecule has 1 atom stereocenters. The third-order valence-corrected chi connectivity index (χ3v) is 4.42. The van der Waals surface area contributed by atoms with Gasteiger partial charge < -0.3 is 10.1 Å². The number of nitrogens with one attached hydrogen (secondary N) is 1. The van der Waals surface area contributed by atoms with Gasteiger partial charge in [0.25, 0.3) is 0 Å². The molecule has 1 saturated heterocycles. The molecule has 1 N–H and O–H groups in total. The average molecular weight is 335 g/mol. The number of amides is 1. The number of benzene rings is 1. The first kappa shape index (κ1) is 16.0. The van der Waals surface area contributed by atoms with Crippen LogP contribution in [0.4, 0.5) is 9.52 Å². The summed E-state index contributed by atoms with van der Waals surface area (Å²) >= 11 is 1.42. The summed E-state index contributed by atoms with van der Waals surface area (Å²) in [5, 5.41) is 5.27. The van der Waals surface area contributed by atoms with E-state index in [1.54, 1.807) is 12.1 Å². The predicted molar refractivity (Wildman–Crippen MR) is 86.8 cm³/mol. The van der Waals surface area contributed by atoms with Crippen LogP contribution in [-0.4, -0.2) is 35.5 Å². The van der Waals surface area contributed by atoms with Crippen molar-refractivity contribution in [1.29, 1.82) is 0 Å². The lowest BCUT2D eigenvalue weighted by Gasteiger charge is -2.32. The Morgan fingerprint density at radius 3 is 3.00 bits per heavy atom. The molecule has 1 aromatic carbocycles. The number of carbonyl (C=O) groups excluding carboxylic acids is 1. The zero-order chi connectivity index (χ0) is 16.2. The number of hydrogen-bond acceptors (Lipinski definition) is 5. The smallest absolute Gasteiger partial charge is 0.223 e. The number of aromatic nitrogens is 1. The Bertz CT molecular complexity index is 674. The van der Waals surface area contributed by atoms with Crippen molar-refractivity contribution in [2.45, 2.75) is 19.6 Å². The average Bonchev–Trinajstić information content (AvgIpc) is 2.94. The SMILES string of the molecule is CC(=O)Nc1nc(CN2CCO[C@@H](c3ccc(F)cc3)C2)cs1. The molecular weight excluding hydrogens is 317 g/mol. The van der Waals surface area contributed by atoms with Gasteiger partial charge in [0.05, 0.1) is 18.4 Å². The van der Waals surface area contributed by atoms with Gasteiger partial charge in [-0.25, -0.2) is 9.37 Å². The van der Waals surface area contributed by atoms with Crippen molar-refractivity contribution < 1.29 is 13.9 Å². The van der Waals surface area contributed by atoms with E-state index in [0.29, 0.717) is 18.3 Å². The van der Waals surface area contributed by atoms with Gasteiger partial charge in [0.15, 0.2) is 5.13 Å². The maximum atomic E-state index is 13.0. The zero-order valence-electron chi connectivity index (χ0n) is 12.8. The number of ether oxygens (including phenoxy) is 1. The van der Waals surface area contributed by atoms with Gasteiger partial charge in [-0.15, -0.1) is 11.3 Å². The summed E-state index contributed by atoms with van der Waals surface area (Å²) in [6.45, 7) is 4.36. The van der Waals surface area contributed by atoms with Crippen LogP contribution in [0.1, 0.15) is 24.3 Å². The number of carbonyl (C=O) groups is 1. The van der Waals surface area contributed by atoms with E-state index in [1.165, 1.54) is 30.4 Å². The summed E-state index contributed by atoms with van der Waals surface area (Å²) in [6, 6.07) is 6.44. The third kappa shape index (κ3) is 4.34. The Labute approximate surface area is 138 Å². The Balaban J connectivity index is 1.61. The maximum Gasteiger partial charge on any atom is 0.223 e. The fourth-order valence-corrected chi connectivity index (χ4v) is 3.29. The lowest BCUT2D eigenvalue weighted by molar-refractivity contribution is -0.114. The Hall–Kier alpha value is -1.83. The van der Waals surface area contributed by atoms with Gasteiger partial charge in [-0.2, -0.15) is 0 Å². The van der Waals surface area contributed by atoms with Gasteiger partial charge in [0.1, 0.15) is 5.82 Å². The van der Waals surface area contributed by atoms with Gasteiger partial charge in [0.2, 0.25) is 5.91 Å². The van der Waals surface area contributed by atoms with Crippen molar-refractivity contribution in [3.63, 3.8) is 0 Å². The zero-order valence-corrected chi connectivity index (χ0v) is 13.6. The van der Waals surface area contributed by atoms with E-state index in [0.717, 1.165) is 24.3 Å². The van der Waals surface area contributed by atoms with E-state index in [2.05, 4.69) is 15.2 Å². The van der Waals surface area contributed by atoms with Crippen molar-refractivity contribution in [3.05, 3.63) is 46.7 Å². The second kappa shape index (κ2) is 7.16.